The van der Waals surface area contributed by atoms with E-state index < -0.39 is 0 Å². The molecule has 1 unspecified atom stereocenters. The minimum atomic E-state index is -0.248. The zero-order chi connectivity index (χ0) is 26.9. The summed E-state index contributed by atoms with van der Waals surface area (Å²) in [6.45, 7) is 14.8. The maximum Gasteiger partial charge on any atom is 0.409 e. The van der Waals surface area contributed by atoms with E-state index in [0.717, 1.165) is 45.1 Å². The van der Waals surface area contributed by atoms with Crippen molar-refractivity contribution < 1.29 is 14.3 Å². The Hall–Kier alpha value is -2.50. The van der Waals surface area contributed by atoms with E-state index in [-0.39, 0.29) is 23.5 Å². The molecule has 1 fully saturated rings. The van der Waals surface area contributed by atoms with Crippen LogP contribution in [0.25, 0.3) is 10.9 Å². The molecule has 1 aromatic heterocycles. The van der Waals surface area contributed by atoms with Gasteiger partial charge in [-0.2, -0.15) is 0 Å². The molecule has 2 amide bonds. The van der Waals surface area contributed by atoms with Crippen molar-refractivity contribution in [2.75, 3.05) is 26.7 Å². The number of carbonyl (C=O) groups is 2. The van der Waals surface area contributed by atoms with Gasteiger partial charge in [0.15, 0.2) is 0 Å². The molecule has 0 spiro atoms. The molecule has 37 heavy (non-hydrogen) atoms. The van der Waals surface area contributed by atoms with Crippen molar-refractivity contribution in [3.8, 4) is 0 Å². The number of amides is 2. The number of fused-ring (bicyclic) bond motifs is 3. The highest BCUT2D eigenvalue weighted by molar-refractivity contribution is 5.89. The minimum absolute atomic E-state index is 0.0384. The van der Waals surface area contributed by atoms with E-state index in [4.69, 9.17) is 4.74 Å². The van der Waals surface area contributed by atoms with Gasteiger partial charge in [-0.25, -0.2) is 4.79 Å². The van der Waals surface area contributed by atoms with Crippen LogP contribution >= 0.6 is 0 Å². The third-order valence-corrected chi connectivity index (χ3v) is 8.13. The molecule has 0 radical (unpaired) electrons. The first kappa shape index (κ1) is 27.5. The molecule has 6 heteroatoms. The molecule has 1 atom stereocenters. The Morgan fingerprint density at radius 3 is 2.51 bits per heavy atom. The van der Waals surface area contributed by atoms with Crippen LogP contribution in [0.5, 0.6) is 0 Å². The van der Waals surface area contributed by atoms with Crippen LogP contribution in [0.4, 0.5) is 4.79 Å². The summed E-state index contributed by atoms with van der Waals surface area (Å²) in [5, 5.41) is 1.35. The summed E-state index contributed by atoms with van der Waals surface area (Å²) in [4.78, 5) is 33.9. The largest absolute Gasteiger partial charge is 0.449 e. The second-order valence-electron chi connectivity index (χ2n) is 13.2. The molecule has 204 valence electrons. The number of aromatic nitrogens is 1. The quantitative estimate of drug-likeness (QED) is 0.462. The minimum Gasteiger partial charge on any atom is -0.449 e. The predicted molar refractivity (Wildman–Crippen MR) is 150 cm³/mol. The molecule has 2 heterocycles. The van der Waals surface area contributed by atoms with Gasteiger partial charge in [0.1, 0.15) is 0 Å². The summed E-state index contributed by atoms with van der Waals surface area (Å²) >= 11 is 0. The first-order valence-electron chi connectivity index (χ1n) is 14.2. The molecule has 0 bridgehead atoms. The molecule has 1 aliphatic carbocycles. The highest BCUT2D eigenvalue weighted by Crippen LogP contribution is 2.41. The van der Waals surface area contributed by atoms with Crippen LogP contribution in [-0.4, -0.2) is 53.5 Å². The van der Waals surface area contributed by atoms with Gasteiger partial charge in [-0.15, -0.1) is 0 Å². The van der Waals surface area contributed by atoms with Crippen molar-refractivity contribution in [1.29, 1.82) is 0 Å². The SMILES string of the molecule is Cc1cccc2[nH]c3c(c12)CCN(C(=O)C1CCC(CN(C)C(=O)OCC(C)(C)C)CC1)C3CC(C)C. The van der Waals surface area contributed by atoms with Gasteiger partial charge < -0.3 is 19.5 Å². The second kappa shape index (κ2) is 11.1. The molecule has 2 aromatic rings. The van der Waals surface area contributed by atoms with E-state index in [0.29, 0.717) is 30.9 Å². The number of carbonyl (C=O) groups excluding carboxylic acids is 2. The monoisotopic (exact) mass is 509 g/mol. The number of aryl methyl sites for hydroxylation is 1. The number of H-pyrrole nitrogens is 1. The number of hydrogen-bond acceptors (Lipinski definition) is 3. The lowest BCUT2D eigenvalue weighted by molar-refractivity contribution is -0.140. The van der Waals surface area contributed by atoms with Crippen LogP contribution in [0.15, 0.2) is 18.2 Å². The van der Waals surface area contributed by atoms with Gasteiger partial charge in [0.25, 0.3) is 0 Å². The Kier molecular flexibility index (Phi) is 8.25. The molecule has 6 nitrogen and oxygen atoms in total. The van der Waals surface area contributed by atoms with Gasteiger partial charge >= 0.3 is 6.09 Å². The summed E-state index contributed by atoms with van der Waals surface area (Å²) in [7, 11) is 1.83. The molecule has 1 aliphatic heterocycles. The lowest BCUT2D eigenvalue weighted by Crippen LogP contribution is -2.45. The fourth-order valence-electron chi connectivity index (χ4n) is 6.25. The van der Waals surface area contributed by atoms with Gasteiger partial charge in [0.05, 0.1) is 12.6 Å². The van der Waals surface area contributed by atoms with Crippen molar-refractivity contribution in [3.63, 3.8) is 0 Å². The normalized spacial score (nSPS) is 22.3. The number of aromatic amines is 1. The van der Waals surface area contributed by atoms with E-state index in [9.17, 15) is 9.59 Å². The Morgan fingerprint density at radius 2 is 1.86 bits per heavy atom. The van der Waals surface area contributed by atoms with Crippen LogP contribution in [0.2, 0.25) is 0 Å². The van der Waals surface area contributed by atoms with Crippen molar-refractivity contribution in [2.45, 2.75) is 86.1 Å². The smallest absolute Gasteiger partial charge is 0.409 e. The lowest BCUT2D eigenvalue weighted by atomic mass is 9.80. The molecular weight excluding hydrogens is 462 g/mol. The van der Waals surface area contributed by atoms with Crippen molar-refractivity contribution in [1.82, 2.24) is 14.8 Å². The average molecular weight is 510 g/mol. The molecule has 1 N–H and O–H groups in total. The van der Waals surface area contributed by atoms with E-state index in [1.165, 1.54) is 27.7 Å². The maximum atomic E-state index is 13.9. The standard InChI is InChI=1S/C31H47N3O3/c1-20(2)17-26-28-24(27-21(3)9-8-10-25(27)32-28)15-16-34(26)29(35)23-13-11-22(12-14-23)18-33(7)30(36)37-19-31(4,5)6/h8-10,20,22-23,26,32H,11-19H2,1-7H3. The van der Waals surface area contributed by atoms with Gasteiger partial charge in [-0.3, -0.25) is 4.79 Å². The Balaban J connectivity index is 1.40. The average Bonchev–Trinajstić information content (AvgIpc) is 3.22. The van der Waals surface area contributed by atoms with Crippen LogP contribution in [0.1, 0.15) is 89.6 Å². The Labute approximate surface area is 223 Å². The first-order chi connectivity index (χ1) is 17.4. The Bertz CT molecular complexity index is 1100. The second-order valence-corrected chi connectivity index (χ2v) is 13.2. The van der Waals surface area contributed by atoms with E-state index in [1.54, 1.807) is 4.90 Å². The summed E-state index contributed by atoms with van der Waals surface area (Å²) in [6.07, 6.45) is 5.40. The number of nitrogens with zero attached hydrogens (tertiary/aromatic N) is 2. The molecule has 4 rings (SSSR count). The van der Waals surface area contributed by atoms with Gasteiger partial charge in [0.2, 0.25) is 5.91 Å². The van der Waals surface area contributed by atoms with E-state index >= 15 is 0 Å². The van der Waals surface area contributed by atoms with Crippen molar-refractivity contribution in [2.24, 2.45) is 23.2 Å². The highest BCUT2D eigenvalue weighted by Gasteiger charge is 2.38. The van der Waals surface area contributed by atoms with Crippen LogP contribution < -0.4 is 0 Å². The third kappa shape index (κ3) is 6.32. The van der Waals surface area contributed by atoms with Crippen molar-refractivity contribution >= 4 is 22.9 Å². The van der Waals surface area contributed by atoms with E-state index in [1.807, 2.05) is 7.05 Å². The third-order valence-electron chi connectivity index (χ3n) is 8.13. The zero-order valence-corrected chi connectivity index (χ0v) is 24.0. The number of nitrogens with one attached hydrogen (secondary N) is 1. The molecule has 2 aliphatic rings. The molecular formula is C31H47N3O3. The van der Waals surface area contributed by atoms with E-state index in [2.05, 4.69) is 69.6 Å². The number of rotatable bonds is 6. The zero-order valence-electron chi connectivity index (χ0n) is 24.0. The van der Waals surface area contributed by atoms with Crippen LogP contribution in [0, 0.1) is 30.1 Å². The summed E-state index contributed by atoms with van der Waals surface area (Å²) in [5.41, 5.74) is 5.13. The fraction of sp³-hybridized carbons (Fsp3) is 0.677. The Morgan fingerprint density at radius 1 is 1.16 bits per heavy atom. The predicted octanol–water partition coefficient (Wildman–Crippen LogP) is 6.87. The van der Waals surface area contributed by atoms with Gasteiger partial charge in [-0.05, 0) is 79.9 Å². The van der Waals surface area contributed by atoms with Crippen LogP contribution in [0.3, 0.4) is 0 Å². The topological polar surface area (TPSA) is 65.6 Å². The van der Waals surface area contributed by atoms with Gasteiger partial charge in [-0.1, -0.05) is 46.8 Å². The number of benzene rings is 1. The highest BCUT2D eigenvalue weighted by atomic mass is 16.6. The molecule has 1 aromatic carbocycles. The molecule has 1 saturated carbocycles. The summed E-state index contributed by atoms with van der Waals surface area (Å²) < 4.78 is 5.47. The maximum absolute atomic E-state index is 13.9. The fourth-order valence-corrected chi connectivity index (χ4v) is 6.25. The molecule has 0 saturated heterocycles. The van der Waals surface area contributed by atoms with Crippen LogP contribution in [-0.2, 0) is 16.0 Å². The summed E-state index contributed by atoms with van der Waals surface area (Å²) in [5.74, 6) is 1.33. The number of hydrogen-bond donors (Lipinski definition) is 1. The van der Waals surface area contributed by atoms with Gasteiger partial charge in [0, 0.05) is 42.7 Å². The lowest BCUT2D eigenvalue weighted by Gasteiger charge is -2.40. The summed E-state index contributed by atoms with van der Waals surface area (Å²) in [6, 6.07) is 6.58. The van der Waals surface area contributed by atoms with Crippen molar-refractivity contribution in [3.05, 3.63) is 35.0 Å². The first-order valence-corrected chi connectivity index (χ1v) is 14.2. The number of ether oxygens (including phenoxy) is 1.